The van der Waals surface area contributed by atoms with Crippen LogP contribution in [0.25, 0.3) is 10.9 Å². The van der Waals surface area contributed by atoms with Crippen LogP contribution in [-0.2, 0) is 0 Å². The summed E-state index contributed by atoms with van der Waals surface area (Å²) in [4.78, 5) is 4.34. The molecule has 1 saturated carbocycles. The smallest absolute Gasteiger partial charge is 0.0737 e. The van der Waals surface area contributed by atoms with Gasteiger partial charge in [-0.2, -0.15) is 0 Å². The van der Waals surface area contributed by atoms with Crippen LogP contribution in [0.3, 0.4) is 0 Å². The quantitative estimate of drug-likeness (QED) is 0.793. The maximum atomic E-state index is 5.98. The third-order valence-electron chi connectivity index (χ3n) is 3.38. The average molecular weight is 276 g/mol. The molecule has 1 aromatic carbocycles. The van der Waals surface area contributed by atoms with Crippen LogP contribution in [-0.4, -0.2) is 24.1 Å². The van der Waals surface area contributed by atoms with Gasteiger partial charge in [-0.15, -0.1) is 0 Å². The van der Waals surface area contributed by atoms with Crippen molar-refractivity contribution in [3.8, 4) is 0 Å². The molecule has 19 heavy (non-hydrogen) atoms. The summed E-state index contributed by atoms with van der Waals surface area (Å²) in [6.07, 6.45) is 5.66. The highest BCUT2D eigenvalue weighted by atomic mass is 35.5. The Labute approximate surface area is 118 Å². The first kappa shape index (κ1) is 12.7. The fourth-order valence-corrected chi connectivity index (χ4v) is 2.35. The second-order valence-corrected chi connectivity index (χ2v) is 5.47. The molecule has 0 saturated heterocycles. The Hall–Kier alpha value is -1.32. The molecule has 3 nitrogen and oxygen atoms in total. The van der Waals surface area contributed by atoms with Gasteiger partial charge in [-0.3, -0.25) is 4.98 Å². The molecule has 1 heterocycles. The Bertz CT molecular complexity index is 566. The van der Waals surface area contributed by atoms with Crippen LogP contribution >= 0.6 is 11.6 Å². The van der Waals surface area contributed by atoms with Crippen molar-refractivity contribution >= 4 is 28.2 Å². The van der Waals surface area contributed by atoms with E-state index in [-0.39, 0.29) is 0 Å². The van der Waals surface area contributed by atoms with E-state index < -0.39 is 0 Å². The van der Waals surface area contributed by atoms with E-state index in [9.17, 15) is 0 Å². The molecule has 1 aromatic heterocycles. The lowest BCUT2D eigenvalue weighted by molar-refractivity contribution is 0.659. The van der Waals surface area contributed by atoms with Gasteiger partial charge in [-0.05, 0) is 50.1 Å². The minimum Gasteiger partial charge on any atom is -0.384 e. The number of rotatable bonds is 6. The van der Waals surface area contributed by atoms with Crippen LogP contribution in [0.1, 0.15) is 19.3 Å². The lowest BCUT2D eigenvalue weighted by Gasteiger charge is -2.09. The molecule has 0 spiro atoms. The lowest BCUT2D eigenvalue weighted by atomic mass is 10.2. The number of anilines is 1. The number of fused-ring (bicyclic) bond motifs is 1. The molecule has 100 valence electrons. The van der Waals surface area contributed by atoms with Gasteiger partial charge in [-0.1, -0.05) is 11.6 Å². The van der Waals surface area contributed by atoms with Crippen molar-refractivity contribution < 1.29 is 0 Å². The highest BCUT2D eigenvalue weighted by molar-refractivity contribution is 6.31. The molecule has 4 heteroatoms. The Balaban J connectivity index is 1.60. The Morgan fingerprint density at radius 3 is 2.95 bits per heavy atom. The molecule has 0 bridgehead atoms. The van der Waals surface area contributed by atoms with E-state index >= 15 is 0 Å². The minimum atomic E-state index is 0.728. The van der Waals surface area contributed by atoms with E-state index in [0.717, 1.165) is 47.2 Å². The summed E-state index contributed by atoms with van der Waals surface area (Å²) in [6.45, 7) is 2.06. The van der Waals surface area contributed by atoms with Crippen LogP contribution < -0.4 is 10.6 Å². The molecule has 0 aliphatic heterocycles. The monoisotopic (exact) mass is 275 g/mol. The van der Waals surface area contributed by atoms with Crippen LogP contribution in [0.5, 0.6) is 0 Å². The molecule has 0 unspecified atom stereocenters. The largest absolute Gasteiger partial charge is 0.384 e. The first-order chi connectivity index (χ1) is 9.33. The van der Waals surface area contributed by atoms with Crippen molar-refractivity contribution in [2.45, 2.75) is 25.3 Å². The van der Waals surface area contributed by atoms with Gasteiger partial charge in [0.05, 0.1) is 5.52 Å². The number of hydrogen-bond acceptors (Lipinski definition) is 3. The van der Waals surface area contributed by atoms with Crippen LogP contribution in [0.2, 0.25) is 5.02 Å². The first-order valence-electron chi connectivity index (χ1n) is 6.84. The summed E-state index contributed by atoms with van der Waals surface area (Å²) in [5.41, 5.74) is 2.07. The van der Waals surface area contributed by atoms with Gasteiger partial charge < -0.3 is 10.6 Å². The zero-order valence-electron chi connectivity index (χ0n) is 10.8. The molecule has 0 amide bonds. The summed E-state index contributed by atoms with van der Waals surface area (Å²) in [7, 11) is 0. The van der Waals surface area contributed by atoms with Gasteiger partial charge >= 0.3 is 0 Å². The van der Waals surface area contributed by atoms with E-state index in [1.807, 2.05) is 30.5 Å². The fraction of sp³-hybridized carbons (Fsp3) is 0.400. The van der Waals surface area contributed by atoms with Gasteiger partial charge in [0.25, 0.3) is 0 Å². The van der Waals surface area contributed by atoms with Crippen molar-refractivity contribution in [1.29, 1.82) is 0 Å². The summed E-state index contributed by atoms with van der Waals surface area (Å²) in [5.74, 6) is 0. The number of benzene rings is 1. The molecule has 0 atom stereocenters. The van der Waals surface area contributed by atoms with Crippen molar-refractivity contribution in [3.63, 3.8) is 0 Å². The standard InChI is InChI=1S/C15H18ClN3/c16-11-2-5-13-14(6-9-19-15(13)10-11)18-8-1-7-17-12-3-4-12/h2,5-6,9-10,12,17H,1,3-4,7-8H2,(H,18,19). The molecule has 2 N–H and O–H groups in total. The Morgan fingerprint density at radius 2 is 2.11 bits per heavy atom. The molecule has 1 fully saturated rings. The zero-order chi connectivity index (χ0) is 13.1. The number of nitrogens with zero attached hydrogens (tertiary/aromatic N) is 1. The fourth-order valence-electron chi connectivity index (χ4n) is 2.18. The Kier molecular flexibility index (Phi) is 3.85. The topological polar surface area (TPSA) is 37.0 Å². The molecular formula is C15H18ClN3. The predicted octanol–water partition coefficient (Wildman–Crippen LogP) is 3.44. The molecule has 0 radical (unpaired) electrons. The highest BCUT2D eigenvalue weighted by Gasteiger charge is 2.19. The van der Waals surface area contributed by atoms with Crippen LogP contribution in [0, 0.1) is 0 Å². The van der Waals surface area contributed by atoms with Crippen LogP contribution in [0.4, 0.5) is 5.69 Å². The summed E-state index contributed by atoms with van der Waals surface area (Å²) in [6, 6.07) is 8.64. The van der Waals surface area contributed by atoms with E-state index in [2.05, 4.69) is 15.6 Å². The van der Waals surface area contributed by atoms with E-state index in [1.54, 1.807) is 0 Å². The van der Waals surface area contributed by atoms with Gasteiger partial charge in [0.2, 0.25) is 0 Å². The predicted molar refractivity (Wildman–Crippen MR) is 80.9 cm³/mol. The normalized spacial score (nSPS) is 14.8. The van der Waals surface area contributed by atoms with Gasteiger partial charge in [-0.25, -0.2) is 0 Å². The first-order valence-corrected chi connectivity index (χ1v) is 7.22. The molecule has 1 aliphatic carbocycles. The second kappa shape index (κ2) is 5.76. The number of hydrogen-bond donors (Lipinski definition) is 2. The maximum Gasteiger partial charge on any atom is 0.0737 e. The summed E-state index contributed by atoms with van der Waals surface area (Å²) >= 11 is 5.98. The third kappa shape index (κ3) is 3.37. The molecule has 2 aromatic rings. The van der Waals surface area contributed by atoms with Gasteiger partial charge in [0.15, 0.2) is 0 Å². The highest BCUT2D eigenvalue weighted by Crippen LogP contribution is 2.24. The molecule has 3 rings (SSSR count). The summed E-state index contributed by atoms with van der Waals surface area (Å²) in [5, 5.41) is 8.85. The van der Waals surface area contributed by atoms with Crippen molar-refractivity contribution in [2.24, 2.45) is 0 Å². The number of halogens is 1. The van der Waals surface area contributed by atoms with Crippen molar-refractivity contribution in [1.82, 2.24) is 10.3 Å². The Morgan fingerprint density at radius 1 is 1.21 bits per heavy atom. The van der Waals surface area contributed by atoms with Crippen molar-refractivity contribution in [2.75, 3.05) is 18.4 Å². The third-order valence-corrected chi connectivity index (χ3v) is 3.62. The molecule has 1 aliphatic rings. The van der Waals surface area contributed by atoms with E-state index in [0.29, 0.717) is 0 Å². The van der Waals surface area contributed by atoms with Crippen molar-refractivity contribution in [3.05, 3.63) is 35.5 Å². The van der Waals surface area contributed by atoms with Gasteiger partial charge in [0.1, 0.15) is 0 Å². The number of nitrogens with one attached hydrogen (secondary N) is 2. The maximum absolute atomic E-state index is 5.98. The van der Waals surface area contributed by atoms with Crippen LogP contribution in [0.15, 0.2) is 30.5 Å². The minimum absolute atomic E-state index is 0.728. The zero-order valence-corrected chi connectivity index (χ0v) is 11.6. The summed E-state index contributed by atoms with van der Waals surface area (Å²) < 4.78 is 0. The van der Waals surface area contributed by atoms with E-state index in [1.165, 1.54) is 12.8 Å². The SMILES string of the molecule is Clc1ccc2c(NCCCNC3CC3)ccnc2c1. The van der Waals surface area contributed by atoms with E-state index in [4.69, 9.17) is 11.6 Å². The second-order valence-electron chi connectivity index (χ2n) is 5.03. The van der Waals surface area contributed by atoms with Gasteiger partial charge in [0, 0.05) is 34.9 Å². The molecular weight excluding hydrogens is 258 g/mol. The number of pyridine rings is 1. The lowest BCUT2D eigenvalue weighted by Crippen LogP contribution is -2.19. The number of aromatic nitrogens is 1. The average Bonchev–Trinajstić information content (AvgIpc) is 3.22.